The number of nitrogens with zero attached hydrogens (tertiary/aromatic N) is 1. The van der Waals surface area contributed by atoms with Crippen molar-refractivity contribution in [2.75, 3.05) is 20.2 Å². The lowest BCUT2D eigenvalue weighted by Crippen LogP contribution is -2.44. The fraction of sp³-hybridized carbons (Fsp3) is 0.562. The van der Waals surface area contributed by atoms with Crippen molar-refractivity contribution in [3.8, 4) is 5.75 Å². The van der Waals surface area contributed by atoms with E-state index in [1.54, 1.807) is 12.1 Å². The van der Waals surface area contributed by atoms with E-state index in [1.807, 2.05) is 11.9 Å². The van der Waals surface area contributed by atoms with E-state index in [0.717, 1.165) is 5.11 Å². The molecule has 3 nitrogen and oxygen atoms in total. The maximum atomic E-state index is 12.8. The van der Waals surface area contributed by atoms with Crippen molar-refractivity contribution >= 4 is 17.3 Å². The molecular formula is C16H23FN2OS. The highest BCUT2D eigenvalue weighted by molar-refractivity contribution is 7.80. The molecule has 2 rings (SSSR count). The van der Waals surface area contributed by atoms with E-state index in [9.17, 15) is 4.39 Å². The number of benzene rings is 1. The van der Waals surface area contributed by atoms with Crippen LogP contribution in [0.5, 0.6) is 5.75 Å². The largest absolute Gasteiger partial charge is 0.492 e. The van der Waals surface area contributed by atoms with Crippen LogP contribution in [0.25, 0.3) is 0 Å². The molecule has 1 fully saturated rings. The van der Waals surface area contributed by atoms with E-state index >= 15 is 0 Å². The van der Waals surface area contributed by atoms with Gasteiger partial charge in [0.2, 0.25) is 0 Å². The second kappa shape index (κ2) is 8.17. The molecule has 1 aliphatic carbocycles. The molecule has 0 bridgehead atoms. The molecule has 0 saturated heterocycles. The number of ether oxygens (including phenoxy) is 1. The third-order valence-electron chi connectivity index (χ3n) is 3.79. The molecule has 1 aliphatic rings. The maximum Gasteiger partial charge on any atom is 0.169 e. The van der Waals surface area contributed by atoms with Crippen molar-refractivity contribution in [3.05, 3.63) is 30.1 Å². The van der Waals surface area contributed by atoms with Crippen LogP contribution in [0.2, 0.25) is 0 Å². The van der Waals surface area contributed by atoms with E-state index < -0.39 is 0 Å². The molecule has 1 aromatic rings. The SMILES string of the molecule is CN(CCOc1ccc(F)cc1)C(=S)NC1CCCCC1. The first-order valence-electron chi connectivity index (χ1n) is 7.55. The lowest BCUT2D eigenvalue weighted by atomic mass is 9.96. The fourth-order valence-electron chi connectivity index (χ4n) is 2.46. The highest BCUT2D eigenvalue weighted by Gasteiger charge is 2.15. The summed E-state index contributed by atoms with van der Waals surface area (Å²) in [7, 11) is 1.96. The van der Waals surface area contributed by atoms with E-state index in [4.69, 9.17) is 17.0 Å². The minimum atomic E-state index is -0.252. The Kier molecular flexibility index (Phi) is 6.23. The third-order valence-corrected chi connectivity index (χ3v) is 4.22. The Morgan fingerprint density at radius 3 is 2.62 bits per heavy atom. The number of nitrogens with one attached hydrogen (secondary N) is 1. The average molecular weight is 310 g/mol. The normalized spacial score (nSPS) is 15.5. The highest BCUT2D eigenvalue weighted by Crippen LogP contribution is 2.17. The number of rotatable bonds is 5. The first-order chi connectivity index (χ1) is 10.1. The predicted molar refractivity (Wildman–Crippen MR) is 87.1 cm³/mol. The highest BCUT2D eigenvalue weighted by atomic mass is 32.1. The number of likely N-dealkylation sites (N-methyl/N-ethyl adjacent to an activating group) is 1. The van der Waals surface area contributed by atoms with Crippen LogP contribution in [0, 0.1) is 5.82 Å². The van der Waals surface area contributed by atoms with E-state index in [0.29, 0.717) is 24.9 Å². The van der Waals surface area contributed by atoms with Gasteiger partial charge in [0, 0.05) is 13.1 Å². The summed E-state index contributed by atoms with van der Waals surface area (Å²) in [6, 6.07) is 6.58. The summed E-state index contributed by atoms with van der Waals surface area (Å²) >= 11 is 5.41. The second-order valence-electron chi connectivity index (χ2n) is 5.51. The first-order valence-corrected chi connectivity index (χ1v) is 7.96. The van der Waals surface area contributed by atoms with Crippen molar-refractivity contribution in [2.24, 2.45) is 0 Å². The first kappa shape index (κ1) is 16.0. The lowest BCUT2D eigenvalue weighted by Gasteiger charge is -2.28. The van der Waals surface area contributed by atoms with Gasteiger partial charge in [0.25, 0.3) is 0 Å². The van der Waals surface area contributed by atoms with Crippen molar-refractivity contribution in [3.63, 3.8) is 0 Å². The molecule has 0 aromatic heterocycles. The van der Waals surface area contributed by atoms with Gasteiger partial charge in [-0.2, -0.15) is 0 Å². The van der Waals surface area contributed by atoms with Crippen molar-refractivity contribution in [1.29, 1.82) is 0 Å². The summed E-state index contributed by atoms with van der Waals surface area (Å²) in [6.07, 6.45) is 6.34. The molecule has 0 spiro atoms. The lowest BCUT2D eigenvalue weighted by molar-refractivity contribution is 0.280. The molecule has 1 aromatic carbocycles. The van der Waals surface area contributed by atoms with Crippen LogP contribution in [0.3, 0.4) is 0 Å². The summed E-state index contributed by atoms with van der Waals surface area (Å²) in [5.41, 5.74) is 0. The van der Waals surface area contributed by atoms with Gasteiger partial charge in [-0.05, 0) is 49.3 Å². The molecule has 0 heterocycles. The molecule has 1 N–H and O–H groups in total. The molecule has 5 heteroatoms. The van der Waals surface area contributed by atoms with Crippen molar-refractivity contribution < 1.29 is 9.13 Å². The van der Waals surface area contributed by atoms with Crippen LogP contribution >= 0.6 is 12.2 Å². The monoisotopic (exact) mass is 310 g/mol. The van der Waals surface area contributed by atoms with Crippen LogP contribution in [-0.2, 0) is 0 Å². The second-order valence-corrected chi connectivity index (χ2v) is 5.90. The number of hydrogen-bond acceptors (Lipinski definition) is 2. The zero-order valence-electron chi connectivity index (χ0n) is 12.5. The number of halogens is 1. The third kappa shape index (κ3) is 5.50. The molecule has 1 saturated carbocycles. The maximum absolute atomic E-state index is 12.8. The van der Waals surface area contributed by atoms with Gasteiger partial charge in [-0.25, -0.2) is 4.39 Å². The number of thiocarbonyl (C=S) groups is 1. The predicted octanol–water partition coefficient (Wildman–Crippen LogP) is 3.34. The molecule has 116 valence electrons. The zero-order chi connectivity index (χ0) is 15.1. The van der Waals surface area contributed by atoms with Gasteiger partial charge in [-0.3, -0.25) is 0 Å². The average Bonchev–Trinajstić information content (AvgIpc) is 2.50. The summed E-state index contributed by atoms with van der Waals surface area (Å²) in [4.78, 5) is 1.99. The summed E-state index contributed by atoms with van der Waals surface area (Å²) in [6.45, 7) is 1.23. The zero-order valence-corrected chi connectivity index (χ0v) is 13.3. The van der Waals surface area contributed by atoms with Gasteiger partial charge in [0.1, 0.15) is 18.2 Å². The standard InChI is InChI=1S/C16H23FN2OS/c1-19(16(21)18-14-5-3-2-4-6-14)11-12-20-15-9-7-13(17)8-10-15/h7-10,14H,2-6,11-12H2,1H3,(H,18,21). The molecular weight excluding hydrogens is 287 g/mol. The fourth-order valence-corrected chi connectivity index (χ4v) is 2.72. The quantitative estimate of drug-likeness (QED) is 0.843. The van der Waals surface area contributed by atoms with Gasteiger partial charge < -0.3 is 15.0 Å². The van der Waals surface area contributed by atoms with Gasteiger partial charge in [0.05, 0.1) is 6.54 Å². The van der Waals surface area contributed by atoms with Crippen LogP contribution in [0.15, 0.2) is 24.3 Å². The van der Waals surface area contributed by atoms with E-state index in [2.05, 4.69) is 5.32 Å². The van der Waals surface area contributed by atoms with Crippen LogP contribution in [-0.4, -0.2) is 36.3 Å². The molecule has 0 radical (unpaired) electrons. The number of hydrogen-bond donors (Lipinski definition) is 1. The van der Waals surface area contributed by atoms with Crippen LogP contribution < -0.4 is 10.1 Å². The van der Waals surface area contributed by atoms with Gasteiger partial charge in [-0.15, -0.1) is 0 Å². The Balaban J connectivity index is 1.67. The molecule has 0 aliphatic heterocycles. The molecule has 0 amide bonds. The topological polar surface area (TPSA) is 24.5 Å². The minimum Gasteiger partial charge on any atom is -0.492 e. The Hall–Kier alpha value is -1.36. The molecule has 0 atom stereocenters. The minimum absolute atomic E-state index is 0.252. The van der Waals surface area contributed by atoms with Gasteiger partial charge >= 0.3 is 0 Å². The van der Waals surface area contributed by atoms with Crippen molar-refractivity contribution in [1.82, 2.24) is 10.2 Å². The summed E-state index contributed by atoms with van der Waals surface area (Å²) in [5, 5.41) is 4.21. The Morgan fingerprint density at radius 1 is 1.29 bits per heavy atom. The van der Waals surface area contributed by atoms with Crippen LogP contribution in [0.4, 0.5) is 4.39 Å². The Bertz CT molecular complexity index is 446. The van der Waals surface area contributed by atoms with Crippen molar-refractivity contribution in [2.45, 2.75) is 38.1 Å². The smallest absolute Gasteiger partial charge is 0.169 e. The van der Waals surface area contributed by atoms with Gasteiger partial charge in [0.15, 0.2) is 5.11 Å². The Morgan fingerprint density at radius 2 is 1.95 bits per heavy atom. The summed E-state index contributed by atoms with van der Waals surface area (Å²) in [5.74, 6) is 0.424. The van der Waals surface area contributed by atoms with E-state index in [1.165, 1.54) is 44.2 Å². The van der Waals surface area contributed by atoms with E-state index in [-0.39, 0.29) is 5.82 Å². The van der Waals surface area contributed by atoms with Crippen LogP contribution in [0.1, 0.15) is 32.1 Å². The summed E-state index contributed by atoms with van der Waals surface area (Å²) < 4.78 is 18.4. The Labute approximate surface area is 131 Å². The molecule has 21 heavy (non-hydrogen) atoms. The molecule has 0 unspecified atom stereocenters. The van der Waals surface area contributed by atoms with Gasteiger partial charge in [-0.1, -0.05) is 19.3 Å².